The number of carboxylic acid groups (broad SMARTS) is 2. The number of nitrogens with two attached hydrogens (primary N) is 2. The summed E-state index contributed by atoms with van der Waals surface area (Å²) in [5, 5.41) is 33.5. The molecule has 4 amide bonds. The number of carbonyl (C=O) groups is 6. The standard InChI is InChI=1S/C16H27N5O9/c1-6(2)12(15(28)19-8(16(29)30)4-10(18)23)21-14(27)9(5-22)20-13(26)7(17)3-11(24)25/h6-9,12,22H,3-5,17H2,1-2H3,(H2,18,23)(H,19,28)(H,20,26)(H,21,27)(H,24,25)(H,29,30). The van der Waals surface area contributed by atoms with Gasteiger partial charge < -0.3 is 42.7 Å². The monoisotopic (exact) mass is 433 g/mol. The Morgan fingerprint density at radius 3 is 1.77 bits per heavy atom. The van der Waals surface area contributed by atoms with Gasteiger partial charge in [-0.2, -0.15) is 0 Å². The molecule has 30 heavy (non-hydrogen) atoms. The first-order valence-corrected chi connectivity index (χ1v) is 8.80. The van der Waals surface area contributed by atoms with E-state index in [0.29, 0.717) is 0 Å². The zero-order valence-corrected chi connectivity index (χ0v) is 16.5. The third-order valence-corrected chi connectivity index (χ3v) is 3.81. The quantitative estimate of drug-likeness (QED) is 0.139. The number of aliphatic hydroxyl groups is 1. The molecule has 0 aromatic rings. The van der Waals surface area contributed by atoms with Crippen LogP contribution in [0.5, 0.6) is 0 Å². The summed E-state index contributed by atoms with van der Waals surface area (Å²) in [5.74, 6) is -7.31. The van der Waals surface area contributed by atoms with Gasteiger partial charge in [-0.05, 0) is 5.92 Å². The molecule has 4 atom stereocenters. The average molecular weight is 433 g/mol. The van der Waals surface area contributed by atoms with E-state index in [0.717, 1.165) is 0 Å². The third kappa shape index (κ3) is 9.29. The van der Waals surface area contributed by atoms with Crippen molar-refractivity contribution in [1.29, 1.82) is 0 Å². The van der Waals surface area contributed by atoms with Gasteiger partial charge in [-0.1, -0.05) is 13.8 Å². The first kappa shape index (κ1) is 26.7. The summed E-state index contributed by atoms with van der Waals surface area (Å²) in [4.78, 5) is 69.3. The minimum absolute atomic E-state index is 0.554. The first-order chi connectivity index (χ1) is 13.8. The van der Waals surface area contributed by atoms with Crippen LogP contribution in [0.3, 0.4) is 0 Å². The van der Waals surface area contributed by atoms with Crippen molar-refractivity contribution in [2.24, 2.45) is 17.4 Å². The van der Waals surface area contributed by atoms with Crippen LogP contribution in [-0.4, -0.2) is 81.7 Å². The lowest BCUT2D eigenvalue weighted by atomic mass is 10.0. The van der Waals surface area contributed by atoms with E-state index in [1.165, 1.54) is 13.8 Å². The zero-order valence-electron chi connectivity index (χ0n) is 16.5. The summed E-state index contributed by atoms with van der Waals surface area (Å²) in [6.45, 7) is 2.18. The van der Waals surface area contributed by atoms with Crippen molar-refractivity contribution in [2.45, 2.75) is 50.9 Å². The van der Waals surface area contributed by atoms with Gasteiger partial charge in [0.2, 0.25) is 23.6 Å². The first-order valence-electron chi connectivity index (χ1n) is 8.80. The van der Waals surface area contributed by atoms with Crippen LogP contribution in [0.15, 0.2) is 0 Å². The van der Waals surface area contributed by atoms with Crippen molar-refractivity contribution < 1.29 is 44.1 Å². The second kappa shape index (κ2) is 12.3. The predicted molar refractivity (Wildman–Crippen MR) is 99.4 cm³/mol. The molecule has 0 bridgehead atoms. The van der Waals surface area contributed by atoms with Gasteiger partial charge in [-0.15, -0.1) is 0 Å². The molecule has 0 rings (SSSR count). The number of aliphatic hydroxyl groups excluding tert-OH is 1. The van der Waals surface area contributed by atoms with Gasteiger partial charge >= 0.3 is 11.9 Å². The molecule has 0 spiro atoms. The Labute approximate surface area is 171 Å². The molecular formula is C16H27N5O9. The lowest BCUT2D eigenvalue weighted by Gasteiger charge is -2.26. The van der Waals surface area contributed by atoms with Crippen molar-refractivity contribution in [3.8, 4) is 0 Å². The highest BCUT2D eigenvalue weighted by Crippen LogP contribution is 2.05. The van der Waals surface area contributed by atoms with Crippen LogP contribution in [0, 0.1) is 5.92 Å². The van der Waals surface area contributed by atoms with Gasteiger partial charge in [0.1, 0.15) is 18.1 Å². The van der Waals surface area contributed by atoms with Gasteiger partial charge in [-0.25, -0.2) is 4.79 Å². The highest BCUT2D eigenvalue weighted by atomic mass is 16.4. The molecule has 0 aliphatic rings. The minimum atomic E-state index is -1.62. The molecular weight excluding hydrogens is 406 g/mol. The number of carbonyl (C=O) groups excluding carboxylic acids is 4. The maximum absolute atomic E-state index is 12.4. The zero-order chi connectivity index (χ0) is 23.6. The summed E-state index contributed by atoms with van der Waals surface area (Å²) in [6, 6.07) is -5.92. The summed E-state index contributed by atoms with van der Waals surface area (Å²) >= 11 is 0. The molecule has 0 fully saturated rings. The van der Waals surface area contributed by atoms with E-state index < -0.39 is 85.1 Å². The smallest absolute Gasteiger partial charge is 0.326 e. The highest BCUT2D eigenvalue weighted by molar-refractivity contribution is 5.95. The fourth-order valence-electron chi connectivity index (χ4n) is 2.21. The van der Waals surface area contributed by atoms with Crippen LogP contribution >= 0.6 is 0 Å². The van der Waals surface area contributed by atoms with Crippen molar-refractivity contribution in [2.75, 3.05) is 6.61 Å². The Morgan fingerprint density at radius 1 is 0.833 bits per heavy atom. The average Bonchev–Trinajstić information content (AvgIpc) is 2.61. The largest absolute Gasteiger partial charge is 0.481 e. The van der Waals surface area contributed by atoms with E-state index in [4.69, 9.17) is 21.7 Å². The summed E-state index contributed by atoms with van der Waals surface area (Å²) in [5.41, 5.74) is 10.3. The number of hydrogen-bond acceptors (Lipinski definition) is 8. The second-order valence-corrected chi connectivity index (χ2v) is 6.75. The van der Waals surface area contributed by atoms with Crippen molar-refractivity contribution >= 4 is 35.6 Å². The molecule has 0 aromatic heterocycles. The molecule has 0 saturated carbocycles. The van der Waals surface area contributed by atoms with E-state index in [1.807, 2.05) is 0 Å². The molecule has 0 aliphatic heterocycles. The Kier molecular flexibility index (Phi) is 11.0. The summed E-state index contributed by atoms with van der Waals surface area (Å²) in [7, 11) is 0. The Hall–Kier alpha value is -3.26. The molecule has 4 unspecified atom stereocenters. The second-order valence-electron chi connectivity index (χ2n) is 6.75. The normalized spacial score (nSPS) is 14.7. The summed E-state index contributed by atoms with van der Waals surface area (Å²) in [6.07, 6.45) is -1.38. The number of nitrogens with one attached hydrogen (secondary N) is 3. The number of rotatable bonds is 13. The molecule has 0 heterocycles. The number of carboxylic acids is 2. The molecule has 0 aromatic carbocycles. The topological polar surface area (TPSA) is 251 Å². The lowest BCUT2D eigenvalue weighted by Crippen LogP contribution is -2.59. The molecule has 0 aliphatic carbocycles. The van der Waals surface area contributed by atoms with Crippen LogP contribution in [-0.2, 0) is 28.8 Å². The van der Waals surface area contributed by atoms with E-state index in [-0.39, 0.29) is 0 Å². The number of primary amides is 1. The van der Waals surface area contributed by atoms with Gasteiger partial charge in [-0.3, -0.25) is 24.0 Å². The van der Waals surface area contributed by atoms with Crippen LogP contribution in [0.2, 0.25) is 0 Å². The van der Waals surface area contributed by atoms with Gasteiger partial charge in [0.05, 0.1) is 25.5 Å². The maximum Gasteiger partial charge on any atom is 0.326 e. The van der Waals surface area contributed by atoms with E-state index >= 15 is 0 Å². The molecule has 14 nitrogen and oxygen atoms in total. The SMILES string of the molecule is CC(C)C(NC(=O)C(CO)NC(=O)C(N)CC(=O)O)C(=O)NC(CC(N)=O)C(=O)O. The number of aliphatic carboxylic acids is 2. The molecule has 14 heteroatoms. The van der Waals surface area contributed by atoms with E-state index in [1.54, 1.807) is 0 Å². The Morgan fingerprint density at radius 2 is 1.37 bits per heavy atom. The molecule has 170 valence electrons. The molecule has 10 N–H and O–H groups in total. The lowest BCUT2D eigenvalue weighted by molar-refractivity contribution is -0.144. The fourth-order valence-corrected chi connectivity index (χ4v) is 2.21. The maximum atomic E-state index is 12.4. The molecule has 0 radical (unpaired) electrons. The van der Waals surface area contributed by atoms with Crippen LogP contribution in [0.1, 0.15) is 26.7 Å². The number of amides is 4. The predicted octanol–water partition coefficient (Wildman–Crippen LogP) is -4.15. The highest BCUT2D eigenvalue weighted by Gasteiger charge is 2.32. The Bertz CT molecular complexity index is 682. The van der Waals surface area contributed by atoms with Crippen molar-refractivity contribution in [3.05, 3.63) is 0 Å². The minimum Gasteiger partial charge on any atom is -0.481 e. The van der Waals surface area contributed by atoms with Crippen LogP contribution in [0.4, 0.5) is 0 Å². The van der Waals surface area contributed by atoms with Gasteiger partial charge in [0.15, 0.2) is 0 Å². The van der Waals surface area contributed by atoms with Crippen molar-refractivity contribution in [3.63, 3.8) is 0 Å². The fraction of sp³-hybridized carbons (Fsp3) is 0.625. The Balaban J connectivity index is 5.21. The van der Waals surface area contributed by atoms with Gasteiger partial charge in [0, 0.05) is 0 Å². The summed E-state index contributed by atoms with van der Waals surface area (Å²) < 4.78 is 0. The number of hydrogen-bond donors (Lipinski definition) is 8. The third-order valence-electron chi connectivity index (χ3n) is 3.81. The van der Waals surface area contributed by atoms with Crippen LogP contribution < -0.4 is 27.4 Å². The van der Waals surface area contributed by atoms with Crippen LogP contribution in [0.25, 0.3) is 0 Å². The molecule has 0 saturated heterocycles. The van der Waals surface area contributed by atoms with E-state index in [2.05, 4.69) is 16.0 Å². The van der Waals surface area contributed by atoms with E-state index in [9.17, 15) is 33.9 Å². The van der Waals surface area contributed by atoms with Crippen molar-refractivity contribution in [1.82, 2.24) is 16.0 Å². The van der Waals surface area contributed by atoms with Gasteiger partial charge in [0.25, 0.3) is 0 Å².